The van der Waals surface area contributed by atoms with E-state index < -0.39 is 0 Å². The fraction of sp³-hybridized carbons (Fsp3) is 0.0476. The number of anilines is 1. The third kappa shape index (κ3) is 3.74. The van der Waals surface area contributed by atoms with Gasteiger partial charge in [-0.3, -0.25) is 4.79 Å². The number of carbonyl (C=O) groups is 1. The number of carbonyl (C=O) groups excluding carboxylic acids is 1. The van der Waals surface area contributed by atoms with E-state index in [0.29, 0.717) is 43.5 Å². The van der Waals surface area contributed by atoms with Crippen LogP contribution in [0.25, 0.3) is 22.6 Å². The second kappa shape index (κ2) is 7.66. The smallest absolute Gasteiger partial charge is 0.255 e. The Morgan fingerprint density at radius 3 is 2.61 bits per heavy atom. The average molecular weight is 458 g/mol. The topological polar surface area (TPSA) is 64.4 Å². The van der Waals surface area contributed by atoms with Gasteiger partial charge >= 0.3 is 0 Å². The monoisotopic (exact) mass is 456 g/mol. The highest BCUT2D eigenvalue weighted by atomic mass is 79.9. The van der Waals surface area contributed by atoms with E-state index in [1.165, 1.54) is 0 Å². The van der Waals surface area contributed by atoms with Crippen LogP contribution in [-0.2, 0) is 0 Å². The van der Waals surface area contributed by atoms with Crippen LogP contribution in [0.1, 0.15) is 10.4 Å². The number of hydrogen-bond acceptors (Lipinski definition) is 4. The van der Waals surface area contributed by atoms with Crippen LogP contribution in [0.15, 0.2) is 69.6 Å². The Labute approximate surface area is 174 Å². The van der Waals surface area contributed by atoms with Gasteiger partial charge in [-0.25, -0.2) is 4.98 Å². The lowest BCUT2D eigenvalue weighted by Crippen LogP contribution is -2.11. The fourth-order valence-corrected chi connectivity index (χ4v) is 3.40. The molecule has 0 fully saturated rings. The van der Waals surface area contributed by atoms with E-state index in [4.69, 9.17) is 20.8 Å². The Hall–Kier alpha value is -2.83. The zero-order valence-electron chi connectivity index (χ0n) is 14.7. The standard InChI is InChI=1S/C21H14BrClN2O3/c1-27-18-8-4-13(10-16(18)22)20(26)24-15-7-9-19-17(11-15)25-21(28-19)12-2-5-14(23)6-3-12/h2-11H,1H3,(H,24,26). The molecule has 140 valence electrons. The number of hydrogen-bond donors (Lipinski definition) is 1. The highest BCUT2D eigenvalue weighted by Gasteiger charge is 2.12. The second-order valence-electron chi connectivity index (χ2n) is 6.01. The summed E-state index contributed by atoms with van der Waals surface area (Å²) in [6.07, 6.45) is 0. The highest BCUT2D eigenvalue weighted by molar-refractivity contribution is 9.10. The maximum absolute atomic E-state index is 12.5. The Morgan fingerprint density at radius 2 is 1.89 bits per heavy atom. The molecule has 0 aliphatic carbocycles. The molecule has 0 radical (unpaired) electrons. The molecule has 0 unspecified atom stereocenters. The SMILES string of the molecule is COc1ccc(C(=O)Nc2ccc3oc(-c4ccc(Cl)cc4)nc3c2)cc1Br. The summed E-state index contributed by atoms with van der Waals surface area (Å²) in [4.78, 5) is 17.0. The van der Waals surface area contributed by atoms with Crippen molar-refractivity contribution in [2.75, 3.05) is 12.4 Å². The van der Waals surface area contributed by atoms with Crippen LogP contribution >= 0.6 is 27.5 Å². The molecule has 0 atom stereocenters. The fourth-order valence-electron chi connectivity index (χ4n) is 2.73. The molecule has 0 aliphatic heterocycles. The minimum Gasteiger partial charge on any atom is -0.496 e. The van der Waals surface area contributed by atoms with Crippen molar-refractivity contribution in [3.8, 4) is 17.2 Å². The van der Waals surface area contributed by atoms with Gasteiger partial charge in [-0.1, -0.05) is 11.6 Å². The quantitative estimate of drug-likeness (QED) is 0.398. The first kappa shape index (κ1) is 18.5. The van der Waals surface area contributed by atoms with E-state index in [9.17, 15) is 4.79 Å². The third-order valence-electron chi connectivity index (χ3n) is 4.15. The van der Waals surface area contributed by atoms with Gasteiger partial charge in [0.2, 0.25) is 5.89 Å². The van der Waals surface area contributed by atoms with Crippen molar-refractivity contribution in [2.24, 2.45) is 0 Å². The van der Waals surface area contributed by atoms with Crippen molar-refractivity contribution < 1.29 is 13.9 Å². The lowest BCUT2D eigenvalue weighted by Gasteiger charge is -2.07. The number of nitrogens with zero attached hydrogens (tertiary/aromatic N) is 1. The molecule has 28 heavy (non-hydrogen) atoms. The number of aromatic nitrogens is 1. The predicted molar refractivity (Wildman–Crippen MR) is 113 cm³/mol. The van der Waals surface area contributed by atoms with Crippen LogP contribution < -0.4 is 10.1 Å². The molecule has 0 spiro atoms. The van der Waals surface area contributed by atoms with Crippen LogP contribution in [0.2, 0.25) is 5.02 Å². The maximum Gasteiger partial charge on any atom is 0.255 e. The molecule has 3 aromatic carbocycles. The molecule has 5 nitrogen and oxygen atoms in total. The van der Waals surface area contributed by atoms with E-state index in [1.807, 2.05) is 12.1 Å². The van der Waals surface area contributed by atoms with Gasteiger partial charge in [0.05, 0.1) is 11.6 Å². The molecule has 0 saturated carbocycles. The molecule has 4 aromatic rings. The van der Waals surface area contributed by atoms with Crippen molar-refractivity contribution in [3.05, 3.63) is 75.7 Å². The van der Waals surface area contributed by atoms with Gasteiger partial charge in [-0.05, 0) is 76.6 Å². The van der Waals surface area contributed by atoms with E-state index in [1.54, 1.807) is 55.6 Å². The molecule has 1 heterocycles. The lowest BCUT2D eigenvalue weighted by atomic mass is 10.2. The van der Waals surface area contributed by atoms with Crippen LogP contribution in [0.5, 0.6) is 5.75 Å². The number of oxazole rings is 1. The lowest BCUT2D eigenvalue weighted by molar-refractivity contribution is 0.102. The van der Waals surface area contributed by atoms with Gasteiger partial charge in [-0.15, -0.1) is 0 Å². The summed E-state index contributed by atoms with van der Waals surface area (Å²) in [7, 11) is 1.57. The first-order valence-electron chi connectivity index (χ1n) is 8.35. The number of methoxy groups -OCH3 is 1. The van der Waals surface area contributed by atoms with Crippen molar-refractivity contribution in [1.29, 1.82) is 0 Å². The molecule has 1 amide bonds. The first-order chi connectivity index (χ1) is 13.5. The van der Waals surface area contributed by atoms with Crippen LogP contribution in [-0.4, -0.2) is 18.0 Å². The van der Waals surface area contributed by atoms with Crippen molar-refractivity contribution >= 4 is 50.2 Å². The van der Waals surface area contributed by atoms with Gasteiger partial charge in [0.25, 0.3) is 5.91 Å². The summed E-state index contributed by atoms with van der Waals surface area (Å²) in [6.45, 7) is 0. The van der Waals surface area contributed by atoms with Gasteiger partial charge in [-0.2, -0.15) is 0 Å². The molecule has 0 bridgehead atoms. The minimum atomic E-state index is -0.232. The molecule has 1 aromatic heterocycles. The number of amides is 1. The summed E-state index contributed by atoms with van der Waals surface area (Å²) in [5.41, 5.74) is 3.25. The summed E-state index contributed by atoms with van der Waals surface area (Å²) >= 11 is 9.31. The number of nitrogens with one attached hydrogen (secondary N) is 1. The minimum absolute atomic E-state index is 0.232. The third-order valence-corrected chi connectivity index (χ3v) is 5.02. The highest BCUT2D eigenvalue weighted by Crippen LogP contribution is 2.28. The van der Waals surface area contributed by atoms with E-state index in [2.05, 4.69) is 26.2 Å². The van der Waals surface area contributed by atoms with E-state index in [-0.39, 0.29) is 5.91 Å². The molecule has 0 aliphatic rings. The summed E-state index contributed by atoms with van der Waals surface area (Å²) in [6, 6.07) is 17.7. The molecule has 0 saturated heterocycles. The Bertz CT molecular complexity index is 1170. The van der Waals surface area contributed by atoms with E-state index in [0.717, 1.165) is 5.56 Å². The number of ether oxygens (including phenoxy) is 1. The van der Waals surface area contributed by atoms with Crippen molar-refractivity contribution in [1.82, 2.24) is 4.98 Å². The Balaban J connectivity index is 1.58. The largest absolute Gasteiger partial charge is 0.496 e. The van der Waals surface area contributed by atoms with Crippen LogP contribution in [0.3, 0.4) is 0 Å². The number of fused-ring (bicyclic) bond motifs is 1. The molecule has 1 N–H and O–H groups in total. The van der Waals surface area contributed by atoms with Gasteiger partial charge < -0.3 is 14.5 Å². The number of rotatable bonds is 4. The predicted octanol–water partition coefficient (Wildman–Crippen LogP) is 6.17. The van der Waals surface area contributed by atoms with Crippen molar-refractivity contribution in [3.63, 3.8) is 0 Å². The van der Waals surface area contributed by atoms with Crippen molar-refractivity contribution in [2.45, 2.75) is 0 Å². The normalized spacial score (nSPS) is 10.8. The maximum atomic E-state index is 12.5. The summed E-state index contributed by atoms with van der Waals surface area (Å²) < 4.78 is 11.7. The number of halogens is 2. The molecular formula is C21H14BrClN2O3. The first-order valence-corrected chi connectivity index (χ1v) is 9.52. The van der Waals surface area contributed by atoms with Gasteiger partial charge in [0.15, 0.2) is 5.58 Å². The van der Waals surface area contributed by atoms with Crippen LogP contribution in [0, 0.1) is 0 Å². The molecular weight excluding hydrogens is 444 g/mol. The summed E-state index contributed by atoms with van der Waals surface area (Å²) in [5.74, 6) is 0.925. The zero-order valence-corrected chi connectivity index (χ0v) is 17.0. The molecule has 4 rings (SSSR count). The van der Waals surface area contributed by atoms with Gasteiger partial charge in [0, 0.05) is 21.8 Å². The Morgan fingerprint density at radius 1 is 1.11 bits per heavy atom. The second-order valence-corrected chi connectivity index (χ2v) is 7.30. The number of benzene rings is 3. The average Bonchev–Trinajstić information content (AvgIpc) is 3.11. The van der Waals surface area contributed by atoms with Crippen LogP contribution in [0.4, 0.5) is 5.69 Å². The van der Waals surface area contributed by atoms with Gasteiger partial charge in [0.1, 0.15) is 11.3 Å². The van der Waals surface area contributed by atoms with E-state index >= 15 is 0 Å². The zero-order chi connectivity index (χ0) is 19.7. The molecule has 7 heteroatoms. The summed E-state index contributed by atoms with van der Waals surface area (Å²) in [5, 5.41) is 3.52. The Kier molecular flexibility index (Phi) is 5.07.